The number of H-pyrrole nitrogens is 2. The maximum Gasteiger partial charge on any atom is 0.306 e. The van der Waals surface area contributed by atoms with E-state index in [-0.39, 0.29) is 29.2 Å². The molecule has 0 saturated heterocycles. The maximum absolute atomic E-state index is 12.8. The van der Waals surface area contributed by atoms with Crippen LogP contribution < -0.4 is 19.8 Å². The number of carbonyl (C=O) groups is 1. The summed E-state index contributed by atoms with van der Waals surface area (Å²) in [5, 5.41) is 15.8. The highest BCUT2D eigenvalue weighted by molar-refractivity contribution is 5.72. The van der Waals surface area contributed by atoms with Gasteiger partial charge in [-0.05, 0) is 35.4 Å². The van der Waals surface area contributed by atoms with Crippen molar-refractivity contribution in [3.05, 3.63) is 69.1 Å². The van der Waals surface area contributed by atoms with Gasteiger partial charge in [-0.2, -0.15) is 0 Å². The summed E-state index contributed by atoms with van der Waals surface area (Å²) in [6.45, 7) is 0. The molecule has 1 aromatic heterocycles. The van der Waals surface area contributed by atoms with E-state index < -0.39 is 11.9 Å². The third kappa shape index (κ3) is 4.72. The lowest BCUT2D eigenvalue weighted by Gasteiger charge is -2.19. The average Bonchev–Trinajstić information content (AvgIpc) is 3.17. The molecule has 1 unspecified atom stereocenters. The van der Waals surface area contributed by atoms with Crippen LogP contribution in [0.4, 0.5) is 0 Å². The maximum atomic E-state index is 12.8. The molecule has 1 atom stereocenters. The summed E-state index contributed by atoms with van der Waals surface area (Å²) in [6.07, 6.45) is 0.326. The Morgan fingerprint density at radius 1 is 0.969 bits per heavy atom. The van der Waals surface area contributed by atoms with Gasteiger partial charge < -0.3 is 29.2 Å². The van der Waals surface area contributed by atoms with Gasteiger partial charge in [0.25, 0.3) is 5.56 Å². The van der Waals surface area contributed by atoms with Crippen LogP contribution >= 0.6 is 0 Å². The van der Waals surface area contributed by atoms with Crippen molar-refractivity contribution in [3.63, 3.8) is 0 Å². The number of aromatic hydroxyl groups is 1. The van der Waals surface area contributed by atoms with Crippen LogP contribution in [-0.2, 0) is 16.0 Å². The molecular weight excluding hydrogens is 416 g/mol. The molecule has 32 heavy (non-hydrogen) atoms. The molecule has 0 radical (unpaired) electrons. The first-order valence-electron chi connectivity index (χ1n) is 9.85. The quantitative estimate of drug-likeness (QED) is 0.436. The number of methoxy groups -OCH3 is 4. The van der Waals surface area contributed by atoms with Gasteiger partial charge in [-0.15, -0.1) is 0 Å². The molecular formula is C23H26N2O7. The molecule has 0 aliphatic rings. The minimum Gasteiger partial charge on any atom is -0.502 e. The molecule has 1 heterocycles. The van der Waals surface area contributed by atoms with E-state index in [1.807, 2.05) is 24.3 Å². The highest BCUT2D eigenvalue weighted by Crippen LogP contribution is 2.41. The predicted molar refractivity (Wildman–Crippen MR) is 117 cm³/mol. The van der Waals surface area contributed by atoms with Crippen molar-refractivity contribution in [1.29, 1.82) is 0 Å². The van der Waals surface area contributed by atoms with Crippen LogP contribution in [0.25, 0.3) is 0 Å². The first-order chi connectivity index (χ1) is 15.4. The number of carbonyl (C=O) groups excluding carboxylic acids is 1. The average molecular weight is 442 g/mol. The van der Waals surface area contributed by atoms with Crippen molar-refractivity contribution in [2.45, 2.75) is 18.8 Å². The molecule has 3 rings (SSSR count). The summed E-state index contributed by atoms with van der Waals surface area (Å²) in [6, 6.07) is 10.6. The van der Waals surface area contributed by atoms with Crippen molar-refractivity contribution in [1.82, 2.24) is 10.2 Å². The number of aromatic nitrogens is 2. The monoisotopic (exact) mass is 442 g/mol. The SMILES string of the molecule is COC(=O)CC(c1cc(OC)c(O)c(OC)c1)c1c(Cc2ccc(OC)cc2)[nH][nH]c1=O. The van der Waals surface area contributed by atoms with Gasteiger partial charge in [0, 0.05) is 23.6 Å². The van der Waals surface area contributed by atoms with E-state index in [2.05, 4.69) is 10.2 Å². The highest BCUT2D eigenvalue weighted by atomic mass is 16.5. The topological polar surface area (TPSA) is 123 Å². The molecule has 0 aliphatic heterocycles. The molecule has 9 heteroatoms. The molecule has 0 spiro atoms. The Bertz CT molecular complexity index is 1110. The molecule has 0 saturated carbocycles. The zero-order valence-electron chi connectivity index (χ0n) is 18.4. The van der Waals surface area contributed by atoms with Crippen LogP contribution in [-0.4, -0.2) is 49.7 Å². The molecule has 9 nitrogen and oxygen atoms in total. The number of aromatic amines is 2. The van der Waals surface area contributed by atoms with Crippen LogP contribution in [0.15, 0.2) is 41.2 Å². The first-order valence-corrected chi connectivity index (χ1v) is 9.85. The third-order valence-electron chi connectivity index (χ3n) is 5.29. The van der Waals surface area contributed by atoms with Crippen LogP contribution in [0.3, 0.4) is 0 Å². The third-order valence-corrected chi connectivity index (χ3v) is 5.29. The van der Waals surface area contributed by atoms with Gasteiger partial charge in [-0.3, -0.25) is 14.7 Å². The van der Waals surface area contributed by atoms with E-state index in [9.17, 15) is 14.7 Å². The summed E-state index contributed by atoms with van der Waals surface area (Å²) in [4.78, 5) is 25.1. The van der Waals surface area contributed by atoms with Gasteiger partial charge >= 0.3 is 5.97 Å². The Balaban J connectivity index is 2.10. The van der Waals surface area contributed by atoms with E-state index in [1.165, 1.54) is 21.3 Å². The molecule has 0 fully saturated rings. The zero-order valence-corrected chi connectivity index (χ0v) is 18.4. The number of ether oxygens (including phenoxy) is 4. The van der Waals surface area contributed by atoms with Gasteiger partial charge in [-0.1, -0.05) is 12.1 Å². The largest absolute Gasteiger partial charge is 0.502 e. The second kappa shape index (κ2) is 9.95. The summed E-state index contributed by atoms with van der Waals surface area (Å²) in [5.74, 6) is -0.276. The lowest BCUT2D eigenvalue weighted by molar-refractivity contribution is -0.140. The first kappa shape index (κ1) is 22.8. The molecule has 3 N–H and O–H groups in total. The fourth-order valence-electron chi connectivity index (χ4n) is 3.61. The Morgan fingerprint density at radius 3 is 2.12 bits per heavy atom. The summed E-state index contributed by atoms with van der Waals surface area (Å²) in [5.41, 5.74) is 2.16. The van der Waals surface area contributed by atoms with Crippen molar-refractivity contribution in [3.8, 4) is 23.0 Å². The summed E-state index contributed by atoms with van der Waals surface area (Å²) >= 11 is 0. The van der Waals surface area contributed by atoms with Crippen LogP contribution in [0, 0.1) is 0 Å². The Labute approximate surface area is 184 Å². The van der Waals surface area contributed by atoms with Crippen molar-refractivity contribution in [2.75, 3.05) is 28.4 Å². The molecule has 170 valence electrons. The van der Waals surface area contributed by atoms with E-state index in [0.717, 1.165) is 11.3 Å². The number of hydrogen-bond acceptors (Lipinski definition) is 7. The van der Waals surface area contributed by atoms with E-state index in [1.54, 1.807) is 19.2 Å². The smallest absolute Gasteiger partial charge is 0.306 e. The Hall–Kier alpha value is -3.88. The minimum absolute atomic E-state index is 0.0931. The Kier molecular flexibility index (Phi) is 7.09. The van der Waals surface area contributed by atoms with Crippen LogP contribution in [0.2, 0.25) is 0 Å². The van der Waals surface area contributed by atoms with Crippen LogP contribution in [0.1, 0.15) is 34.7 Å². The van der Waals surface area contributed by atoms with Crippen molar-refractivity contribution < 1.29 is 28.8 Å². The normalized spacial score (nSPS) is 11.6. The fourth-order valence-corrected chi connectivity index (χ4v) is 3.61. The van der Waals surface area contributed by atoms with Gasteiger partial charge in [0.2, 0.25) is 5.75 Å². The summed E-state index contributed by atoms with van der Waals surface area (Å²) < 4.78 is 20.6. The summed E-state index contributed by atoms with van der Waals surface area (Å²) in [7, 11) is 5.70. The lowest BCUT2D eigenvalue weighted by atomic mass is 9.87. The zero-order chi connectivity index (χ0) is 23.3. The molecule has 0 amide bonds. The van der Waals surface area contributed by atoms with E-state index >= 15 is 0 Å². The minimum atomic E-state index is -0.672. The standard InChI is InChI=1S/C23H26N2O7/c1-29-15-7-5-13(6-8-15)9-17-21(23(28)25-24-17)16(12-20(26)32-4)14-10-18(30-2)22(27)19(11-14)31-3/h5-8,10-11,16,27H,9,12H2,1-4H3,(H2,24,25,28). The van der Waals surface area contributed by atoms with Gasteiger partial charge in [0.1, 0.15) is 5.75 Å². The number of nitrogens with one attached hydrogen (secondary N) is 2. The Morgan fingerprint density at radius 2 is 1.59 bits per heavy atom. The number of hydrogen-bond donors (Lipinski definition) is 3. The van der Waals surface area contributed by atoms with E-state index in [4.69, 9.17) is 18.9 Å². The van der Waals surface area contributed by atoms with Gasteiger partial charge in [0.05, 0.1) is 34.9 Å². The number of benzene rings is 2. The van der Waals surface area contributed by atoms with E-state index in [0.29, 0.717) is 23.2 Å². The highest BCUT2D eigenvalue weighted by Gasteiger charge is 2.28. The number of rotatable bonds is 9. The second-order valence-corrected chi connectivity index (χ2v) is 7.10. The van der Waals surface area contributed by atoms with Crippen molar-refractivity contribution in [2.24, 2.45) is 0 Å². The molecule has 0 bridgehead atoms. The number of phenolic OH excluding ortho intramolecular Hbond substituents is 1. The van der Waals surface area contributed by atoms with Crippen LogP contribution in [0.5, 0.6) is 23.0 Å². The van der Waals surface area contributed by atoms with Crippen molar-refractivity contribution >= 4 is 5.97 Å². The molecule has 0 aliphatic carbocycles. The molecule has 2 aromatic carbocycles. The predicted octanol–water partition coefficient (Wildman–Crippen LogP) is 2.72. The fraction of sp³-hybridized carbons (Fsp3) is 0.304. The molecule has 3 aromatic rings. The number of esters is 1. The second-order valence-electron chi connectivity index (χ2n) is 7.10. The number of phenols is 1. The van der Waals surface area contributed by atoms with Gasteiger partial charge in [0.15, 0.2) is 11.5 Å². The lowest BCUT2D eigenvalue weighted by Crippen LogP contribution is -2.18. The van der Waals surface area contributed by atoms with Gasteiger partial charge in [-0.25, -0.2) is 0 Å².